The predicted molar refractivity (Wildman–Crippen MR) is 87.2 cm³/mol. The molecular formula is C12H19IN4O2. The molecular weight excluding hydrogens is 359 g/mol. The number of guanidine groups is 1. The Kier molecular flexibility index (Phi) is 8.68. The predicted octanol–water partition coefficient (Wildman–Crippen LogP) is 1.18. The van der Waals surface area contributed by atoms with Crippen molar-refractivity contribution in [3.05, 3.63) is 24.3 Å². The lowest BCUT2D eigenvalue weighted by Crippen LogP contribution is -2.26. The summed E-state index contributed by atoms with van der Waals surface area (Å²) in [4.78, 5) is 14.7. The Hall–Kier alpha value is -1.51. The molecule has 0 radical (unpaired) electrons. The number of anilines is 1. The van der Waals surface area contributed by atoms with E-state index in [1.165, 1.54) is 6.92 Å². The Morgan fingerprint density at radius 3 is 2.84 bits per heavy atom. The third kappa shape index (κ3) is 7.50. The highest BCUT2D eigenvalue weighted by atomic mass is 127. The van der Waals surface area contributed by atoms with Gasteiger partial charge < -0.3 is 21.1 Å². The molecule has 1 amide bonds. The fourth-order valence-corrected chi connectivity index (χ4v) is 1.30. The number of nitrogens with two attached hydrogens (primary N) is 1. The molecule has 6 nitrogen and oxygen atoms in total. The van der Waals surface area contributed by atoms with Gasteiger partial charge in [0.25, 0.3) is 0 Å². The highest BCUT2D eigenvalue weighted by molar-refractivity contribution is 14.0. The van der Waals surface area contributed by atoms with E-state index in [-0.39, 0.29) is 29.9 Å². The fourth-order valence-electron chi connectivity index (χ4n) is 1.30. The number of methoxy groups -OCH3 is 1. The van der Waals surface area contributed by atoms with Crippen molar-refractivity contribution in [2.24, 2.45) is 10.7 Å². The van der Waals surface area contributed by atoms with Gasteiger partial charge in [0.15, 0.2) is 5.96 Å². The van der Waals surface area contributed by atoms with E-state index in [2.05, 4.69) is 15.6 Å². The second kappa shape index (κ2) is 9.42. The van der Waals surface area contributed by atoms with Crippen LogP contribution in [0.3, 0.4) is 0 Å². The number of carbonyl (C=O) groups is 1. The molecule has 0 atom stereocenters. The van der Waals surface area contributed by atoms with Crippen molar-refractivity contribution in [1.82, 2.24) is 5.32 Å². The lowest BCUT2D eigenvalue weighted by molar-refractivity contribution is -0.118. The Morgan fingerprint density at radius 1 is 1.47 bits per heavy atom. The average Bonchev–Trinajstić information content (AvgIpc) is 2.34. The van der Waals surface area contributed by atoms with Gasteiger partial charge in [0.2, 0.25) is 5.91 Å². The van der Waals surface area contributed by atoms with E-state index in [4.69, 9.17) is 10.5 Å². The number of hydrogen-bond donors (Lipinski definition) is 3. The number of nitrogens with one attached hydrogen (secondary N) is 2. The maximum atomic E-state index is 10.6. The van der Waals surface area contributed by atoms with Gasteiger partial charge in [0.05, 0.1) is 13.7 Å². The molecule has 1 rings (SSSR count). The van der Waals surface area contributed by atoms with Crippen molar-refractivity contribution in [3.63, 3.8) is 0 Å². The average molecular weight is 378 g/mol. The molecule has 0 unspecified atom stereocenters. The summed E-state index contributed by atoms with van der Waals surface area (Å²) < 4.78 is 5.09. The number of benzene rings is 1. The zero-order valence-corrected chi connectivity index (χ0v) is 13.3. The van der Waals surface area contributed by atoms with Crippen LogP contribution in [0.1, 0.15) is 6.92 Å². The van der Waals surface area contributed by atoms with Crippen LogP contribution < -0.4 is 21.1 Å². The van der Waals surface area contributed by atoms with E-state index in [1.807, 2.05) is 24.3 Å². The zero-order chi connectivity index (χ0) is 13.4. The largest absolute Gasteiger partial charge is 0.497 e. The molecule has 0 fully saturated rings. The molecule has 0 heterocycles. The standard InChI is InChI=1S/C12H18N4O2.HI/c1-9(17)14-6-7-15-12(13)16-10-4-3-5-11(8-10)18-2;/h3-5,8H,6-7H2,1-2H3,(H,14,17)(H3,13,15,16);1H. The number of halogens is 1. The van der Waals surface area contributed by atoms with Crippen molar-refractivity contribution >= 4 is 41.5 Å². The van der Waals surface area contributed by atoms with Crippen LogP contribution in [0.4, 0.5) is 5.69 Å². The van der Waals surface area contributed by atoms with Crippen LogP contribution in [0, 0.1) is 0 Å². The molecule has 0 bridgehead atoms. The summed E-state index contributed by atoms with van der Waals surface area (Å²) in [6.45, 7) is 2.36. The monoisotopic (exact) mass is 378 g/mol. The molecule has 4 N–H and O–H groups in total. The summed E-state index contributed by atoms with van der Waals surface area (Å²) in [7, 11) is 1.60. The molecule has 0 spiro atoms. The second-order valence-corrected chi connectivity index (χ2v) is 3.61. The van der Waals surface area contributed by atoms with Crippen LogP contribution in [-0.2, 0) is 4.79 Å². The third-order valence-electron chi connectivity index (χ3n) is 2.11. The molecule has 0 aromatic heterocycles. The van der Waals surface area contributed by atoms with Crippen LogP contribution in [0.15, 0.2) is 29.3 Å². The SMILES string of the molecule is COc1cccc(NC(N)=NCCNC(C)=O)c1.I. The van der Waals surface area contributed by atoms with Gasteiger partial charge in [-0.2, -0.15) is 0 Å². The van der Waals surface area contributed by atoms with Gasteiger partial charge >= 0.3 is 0 Å². The maximum absolute atomic E-state index is 10.6. The smallest absolute Gasteiger partial charge is 0.216 e. The topological polar surface area (TPSA) is 88.7 Å². The van der Waals surface area contributed by atoms with Crippen molar-refractivity contribution in [2.45, 2.75) is 6.92 Å². The number of ether oxygens (including phenoxy) is 1. The number of carbonyl (C=O) groups excluding carboxylic acids is 1. The van der Waals surface area contributed by atoms with E-state index >= 15 is 0 Å². The number of aliphatic imine (C=N–C) groups is 1. The fraction of sp³-hybridized carbons (Fsp3) is 0.333. The molecule has 7 heteroatoms. The summed E-state index contributed by atoms with van der Waals surface area (Å²) in [5, 5.41) is 5.57. The van der Waals surface area contributed by atoms with Gasteiger partial charge in [-0.05, 0) is 12.1 Å². The number of amides is 1. The summed E-state index contributed by atoms with van der Waals surface area (Å²) in [5.41, 5.74) is 6.50. The van der Waals surface area contributed by atoms with E-state index in [0.29, 0.717) is 19.0 Å². The van der Waals surface area contributed by atoms with Crippen LogP contribution >= 0.6 is 24.0 Å². The maximum Gasteiger partial charge on any atom is 0.216 e. The summed E-state index contributed by atoms with van der Waals surface area (Å²) in [5.74, 6) is 0.962. The van der Waals surface area contributed by atoms with Crippen molar-refractivity contribution in [1.29, 1.82) is 0 Å². The van der Waals surface area contributed by atoms with Crippen molar-refractivity contribution < 1.29 is 9.53 Å². The minimum absolute atomic E-state index is 0. The summed E-state index contributed by atoms with van der Waals surface area (Å²) in [6.07, 6.45) is 0. The Balaban J connectivity index is 0.00000324. The van der Waals surface area contributed by atoms with Gasteiger partial charge in [-0.25, -0.2) is 0 Å². The molecule has 0 saturated heterocycles. The Bertz CT molecular complexity index is 437. The second-order valence-electron chi connectivity index (χ2n) is 3.61. The highest BCUT2D eigenvalue weighted by Crippen LogP contribution is 2.16. The Labute approximate surface area is 129 Å². The molecule has 1 aromatic carbocycles. The zero-order valence-electron chi connectivity index (χ0n) is 11.0. The van der Waals surface area contributed by atoms with E-state index < -0.39 is 0 Å². The molecule has 0 aliphatic heterocycles. The van der Waals surface area contributed by atoms with Crippen LogP contribution in [-0.4, -0.2) is 32.1 Å². The molecule has 106 valence electrons. The normalized spacial score (nSPS) is 10.3. The molecule has 1 aromatic rings. The Morgan fingerprint density at radius 2 is 2.21 bits per heavy atom. The van der Waals surface area contributed by atoms with E-state index in [9.17, 15) is 4.79 Å². The molecule has 0 aliphatic carbocycles. The quantitative estimate of drug-likeness (QED) is 0.311. The highest BCUT2D eigenvalue weighted by Gasteiger charge is 1.97. The van der Waals surface area contributed by atoms with E-state index in [1.54, 1.807) is 7.11 Å². The van der Waals surface area contributed by atoms with Crippen molar-refractivity contribution in [2.75, 3.05) is 25.5 Å². The molecule has 19 heavy (non-hydrogen) atoms. The first-order valence-electron chi connectivity index (χ1n) is 5.57. The van der Waals surface area contributed by atoms with Crippen LogP contribution in [0.25, 0.3) is 0 Å². The lowest BCUT2D eigenvalue weighted by atomic mass is 10.3. The minimum atomic E-state index is -0.0791. The number of nitrogens with zero attached hydrogens (tertiary/aromatic N) is 1. The first kappa shape index (κ1) is 17.5. The minimum Gasteiger partial charge on any atom is -0.497 e. The van der Waals surface area contributed by atoms with E-state index in [0.717, 1.165) is 11.4 Å². The van der Waals surface area contributed by atoms with Gasteiger partial charge in [0.1, 0.15) is 5.75 Å². The first-order valence-corrected chi connectivity index (χ1v) is 5.57. The van der Waals surface area contributed by atoms with Crippen LogP contribution in [0.2, 0.25) is 0 Å². The summed E-state index contributed by atoms with van der Waals surface area (Å²) in [6, 6.07) is 7.37. The van der Waals surface area contributed by atoms with Gasteiger partial charge in [-0.1, -0.05) is 6.07 Å². The lowest BCUT2D eigenvalue weighted by Gasteiger charge is -2.07. The van der Waals surface area contributed by atoms with Gasteiger partial charge in [-0.3, -0.25) is 9.79 Å². The molecule has 0 aliphatic rings. The number of rotatable bonds is 5. The number of hydrogen-bond acceptors (Lipinski definition) is 3. The first-order chi connectivity index (χ1) is 8.61. The van der Waals surface area contributed by atoms with Gasteiger partial charge in [-0.15, -0.1) is 24.0 Å². The van der Waals surface area contributed by atoms with Crippen LogP contribution in [0.5, 0.6) is 5.75 Å². The van der Waals surface area contributed by atoms with Crippen molar-refractivity contribution in [3.8, 4) is 5.75 Å². The summed E-state index contributed by atoms with van der Waals surface area (Å²) >= 11 is 0. The molecule has 0 saturated carbocycles. The van der Waals surface area contributed by atoms with Gasteiger partial charge in [0, 0.05) is 25.2 Å². The third-order valence-corrected chi connectivity index (χ3v) is 2.11.